The van der Waals surface area contributed by atoms with Crippen LogP contribution in [-0.2, 0) is 0 Å². The summed E-state index contributed by atoms with van der Waals surface area (Å²) in [5.74, 6) is 0. The van der Waals surface area contributed by atoms with Crippen molar-refractivity contribution in [2.24, 2.45) is 0 Å². The Morgan fingerprint density at radius 2 is 1.77 bits per heavy atom. The van der Waals surface area contributed by atoms with Gasteiger partial charge in [-0.05, 0) is 12.6 Å². The van der Waals surface area contributed by atoms with E-state index in [9.17, 15) is 0 Å². The molecule has 0 aliphatic rings. The number of hydrogen-bond donors (Lipinski definition) is 2. The smallest absolute Gasteiger partial charge is 0.0626 e. The molecule has 1 atom stereocenters. The summed E-state index contributed by atoms with van der Waals surface area (Å²) in [6.07, 6.45) is 0. The van der Waals surface area contributed by atoms with E-state index in [-0.39, 0.29) is 12.6 Å². The first-order valence-corrected chi connectivity index (χ1v) is 4.71. The van der Waals surface area contributed by atoms with E-state index in [0.717, 1.165) is 5.56 Å². The maximum atomic E-state index is 8.92. The highest BCUT2D eigenvalue weighted by molar-refractivity contribution is 5.18. The average molecular weight is 181 g/mol. The molecule has 0 spiro atoms. The molecule has 1 unspecified atom stereocenters. The predicted octanol–water partition coefficient (Wildman–Crippen LogP) is 1.97. The van der Waals surface area contributed by atoms with Crippen molar-refractivity contribution < 1.29 is 5.11 Å². The fraction of sp³-hybridized carbons (Fsp3) is 0.455. The highest BCUT2D eigenvalue weighted by Gasteiger charge is 2.04. The minimum Gasteiger partial charge on any atom is -0.394 e. The molecular weight excluding hydrogens is 162 g/mol. The van der Waals surface area contributed by atoms with Crippen LogP contribution in [0.15, 0.2) is 30.3 Å². The quantitative estimate of drug-likeness (QED) is 0.747. The summed E-state index contributed by atoms with van der Waals surface area (Å²) in [4.78, 5) is 0. The molecule has 0 saturated carbocycles. The standard InChI is InChI=1S/C9H13NO.C2H6/c1-10-9(7-11)8-5-3-2-4-6-8;1-2/h2-6,9-11H,7H2,1H3;1-2H3. The fourth-order valence-electron chi connectivity index (χ4n) is 1.05. The third kappa shape index (κ3) is 4.06. The topological polar surface area (TPSA) is 32.3 Å². The number of likely N-dealkylation sites (N-methyl/N-ethyl adjacent to an activating group) is 1. The summed E-state index contributed by atoms with van der Waals surface area (Å²) in [6, 6.07) is 9.96. The van der Waals surface area contributed by atoms with Gasteiger partial charge in [-0.15, -0.1) is 0 Å². The number of aliphatic hydroxyl groups excluding tert-OH is 1. The maximum absolute atomic E-state index is 8.92. The molecule has 0 bridgehead atoms. The molecular formula is C11H19NO. The Bertz CT molecular complexity index is 195. The van der Waals surface area contributed by atoms with Crippen LogP contribution in [0.1, 0.15) is 25.5 Å². The van der Waals surface area contributed by atoms with Crippen molar-refractivity contribution >= 4 is 0 Å². The van der Waals surface area contributed by atoms with Crippen molar-refractivity contribution in [2.75, 3.05) is 13.7 Å². The molecule has 0 radical (unpaired) electrons. The Balaban J connectivity index is 0.000000671. The first-order valence-electron chi connectivity index (χ1n) is 4.71. The van der Waals surface area contributed by atoms with Gasteiger partial charge in [-0.1, -0.05) is 44.2 Å². The van der Waals surface area contributed by atoms with Gasteiger partial charge in [-0.3, -0.25) is 0 Å². The van der Waals surface area contributed by atoms with Gasteiger partial charge >= 0.3 is 0 Å². The molecule has 2 N–H and O–H groups in total. The van der Waals surface area contributed by atoms with E-state index < -0.39 is 0 Å². The van der Waals surface area contributed by atoms with Crippen molar-refractivity contribution in [3.63, 3.8) is 0 Å². The highest BCUT2D eigenvalue weighted by Crippen LogP contribution is 2.09. The molecule has 0 heterocycles. The summed E-state index contributed by atoms with van der Waals surface area (Å²) >= 11 is 0. The van der Waals surface area contributed by atoms with Crippen molar-refractivity contribution in [1.82, 2.24) is 5.32 Å². The van der Waals surface area contributed by atoms with Gasteiger partial charge in [0.05, 0.1) is 12.6 Å². The average Bonchev–Trinajstić information content (AvgIpc) is 2.24. The largest absolute Gasteiger partial charge is 0.394 e. The van der Waals surface area contributed by atoms with Crippen molar-refractivity contribution in [2.45, 2.75) is 19.9 Å². The minimum atomic E-state index is 0.0659. The number of benzene rings is 1. The van der Waals surface area contributed by atoms with Gasteiger partial charge in [0.15, 0.2) is 0 Å². The summed E-state index contributed by atoms with van der Waals surface area (Å²) in [5, 5.41) is 11.9. The zero-order valence-corrected chi connectivity index (χ0v) is 8.62. The normalized spacial score (nSPS) is 11.4. The van der Waals surface area contributed by atoms with Crippen LogP contribution in [0.5, 0.6) is 0 Å². The Labute approximate surface area is 80.6 Å². The van der Waals surface area contributed by atoms with E-state index in [1.165, 1.54) is 0 Å². The maximum Gasteiger partial charge on any atom is 0.0626 e. The first kappa shape index (κ1) is 12.1. The van der Waals surface area contributed by atoms with Gasteiger partial charge in [0.25, 0.3) is 0 Å². The van der Waals surface area contributed by atoms with E-state index in [1.807, 2.05) is 51.2 Å². The SMILES string of the molecule is CC.CNC(CO)c1ccccc1. The molecule has 1 aromatic carbocycles. The van der Waals surface area contributed by atoms with Gasteiger partial charge in [0, 0.05) is 0 Å². The lowest BCUT2D eigenvalue weighted by Gasteiger charge is -2.12. The van der Waals surface area contributed by atoms with E-state index in [1.54, 1.807) is 0 Å². The molecule has 0 aliphatic heterocycles. The van der Waals surface area contributed by atoms with E-state index in [4.69, 9.17) is 5.11 Å². The van der Waals surface area contributed by atoms with Crippen LogP contribution in [0.25, 0.3) is 0 Å². The zero-order chi connectivity index (χ0) is 10.1. The second-order valence-electron chi connectivity index (χ2n) is 2.43. The second kappa shape index (κ2) is 7.77. The molecule has 2 nitrogen and oxygen atoms in total. The lowest BCUT2D eigenvalue weighted by atomic mass is 10.1. The van der Waals surface area contributed by atoms with Crippen LogP contribution in [0, 0.1) is 0 Å². The monoisotopic (exact) mass is 181 g/mol. The van der Waals surface area contributed by atoms with Crippen molar-refractivity contribution in [3.05, 3.63) is 35.9 Å². The highest BCUT2D eigenvalue weighted by atomic mass is 16.3. The van der Waals surface area contributed by atoms with Crippen LogP contribution in [0.4, 0.5) is 0 Å². The van der Waals surface area contributed by atoms with Gasteiger partial charge in [-0.2, -0.15) is 0 Å². The van der Waals surface area contributed by atoms with Crippen molar-refractivity contribution in [1.29, 1.82) is 0 Å². The van der Waals surface area contributed by atoms with E-state index in [0.29, 0.717) is 0 Å². The lowest BCUT2D eigenvalue weighted by Crippen LogP contribution is -2.19. The summed E-state index contributed by atoms with van der Waals surface area (Å²) < 4.78 is 0. The fourth-order valence-corrected chi connectivity index (χ4v) is 1.05. The van der Waals surface area contributed by atoms with Crippen molar-refractivity contribution in [3.8, 4) is 0 Å². The molecule has 0 amide bonds. The summed E-state index contributed by atoms with van der Waals surface area (Å²) in [6.45, 7) is 4.14. The Hall–Kier alpha value is -0.860. The molecule has 0 aliphatic carbocycles. The molecule has 13 heavy (non-hydrogen) atoms. The summed E-state index contributed by atoms with van der Waals surface area (Å²) in [5.41, 5.74) is 1.12. The zero-order valence-electron chi connectivity index (χ0n) is 8.62. The van der Waals surface area contributed by atoms with Crippen LogP contribution in [-0.4, -0.2) is 18.8 Å². The van der Waals surface area contributed by atoms with Crippen LogP contribution in [0.2, 0.25) is 0 Å². The van der Waals surface area contributed by atoms with E-state index >= 15 is 0 Å². The van der Waals surface area contributed by atoms with Gasteiger partial charge < -0.3 is 10.4 Å². The molecule has 0 fully saturated rings. The predicted molar refractivity (Wildman–Crippen MR) is 56.7 cm³/mol. The molecule has 2 heteroatoms. The lowest BCUT2D eigenvalue weighted by molar-refractivity contribution is 0.251. The molecule has 74 valence electrons. The van der Waals surface area contributed by atoms with Crippen LogP contribution >= 0.6 is 0 Å². The number of hydrogen-bond acceptors (Lipinski definition) is 2. The van der Waals surface area contributed by atoms with Crippen LogP contribution in [0.3, 0.4) is 0 Å². The van der Waals surface area contributed by atoms with Gasteiger partial charge in [0.1, 0.15) is 0 Å². The molecule has 0 aromatic heterocycles. The van der Waals surface area contributed by atoms with Gasteiger partial charge in [-0.25, -0.2) is 0 Å². The Morgan fingerprint density at radius 3 is 2.15 bits per heavy atom. The summed E-state index contributed by atoms with van der Waals surface area (Å²) in [7, 11) is 1.84. The molecule has 1 rings (SSSR count). The molecule has 0 saturated heterocycles. The number of aliphatic hydroxyl groups is 1. The van der Waals surface area contributed by atoms with E-state index in [2.05, 4.69) is 5.32 Å². The third-order valence-electron chi connectivity index (χ3n) is 1.73. The first-order chi connectivity index (χ1) is 6.38. The Kier molecular flexibility index (Phi) is 7.26. The number of nitrogens with one attached hydrogen (secondary N) is 1. The number of rotatable bonds is 3. The third-order valence-corrected chi connectivity index (χ3v) is 1.73. The van der Waals surface area contributed by atoms with Gasteiger partial charge in [0.2, 0.25) is 0 Å². The Morgan fingerprint density at radius 1 is 1.23 bits per heavy atom. The molecule has 1 aromatic rings. The second-order valence-corrected chi connectivity index (χ2v) is 2.43. The minimum absolute atomic E-state index is 0.0659. The van der Waals surface area contributed by atoms with Crippen LogP contribution < -0.4 is 5.32 Å².